The van der Waals surface area contributed by atoms with Gasteiger partial charge in [0.25, 0.3) is 0 Å². The zero-order valence-electron chi connectivity index (χ0n) is 12.0. The van der Waals surface area contributed by atoms with Crippen LogP contribution in [-0.2, 0) is 8.85 Å². The number of hydrogen-bond donors (Lipinski definition) is 2. The van der Waals surface area contributed by atoms with E-state index in [4.69, 9.17) is 8.85 Å². The maximum Gasteiger partial charge on any atom is 0.188 e. The molecule has 2 unspecified atom stereocenters. The Morgan fingerprint density at radius 1 is 1.00 bits per heavy atom. The maximum absolute atomic E-state index is 6.09. The van der Waals surface area contributed by atoms with Crippen molar-refractivity contribution in [2.75, 3.05) is 0 Å². The maximum atomic E-state index is 6.09. The molecule has 0 aromatic heterocycles. The second kappa shape index (κ2) is 5.23. The van der Waals surface area contributed by atoms with Crippen LogP contribution < -0.4 is 10.6 Å². The van der Waals surface area contributed by atoms with E-state index in [1.807, 2.05) is 6.20 Å². The predicted molar refractivity (Wildman–Crippen MR) is 76.5 cm³/mol. The minimum Gasteiger partial charge on any atom is -0.399 e. The number of rotatable bonds is 4. The highest BCUT2D eigenvalue weighted by molar-refractivity contribution is 6.70. The molecule has 0 radical (unpaired) electrons. The minimum absolute atomic E-state index is 0.0238. The largest absolute Gasteiger partial charge is 0.399 e. The lowest BCUT2D eigenvalue weighted by atomic mass is 10.3. The van der Waals surface area contributed by atoms with Crippen molar-refractivity contribution in [3.8, 4) is 0 Å². The highest BCUT2D eigenvalue weighted by Crippen LogP contribution is 2.16. The van der Waals surface area contributed by atoms with E-state index in [1.54, 1.807) is 0 Å². The van der Waals surface area contributed by atoms with Gasteiger partial charge in [0.15, 0.2) is 23.0 Å². The molecular weight excluding hydrogens is 251 g/mol. The van der Waals surface area contributed by atoms with E-state index in [2.05, 4.69) is 56.8 Å². The molecule has 2 atom stereocenters. The van der Waals surface area contributed by atoms with Crippen LogP contribution in [0.25, 0.3) is 0 Å². The molecule has 0 aromatic carbocycles. The summed E-state index contributed by atoms with van der Waals surface area (Å²) in [6.07, 6.45) is 1.84. The average Bonchev–Trinajstić information content (AvgIpc) is 2.05. The molecule has 0 amide bonds. The van der Waals surface area contributed by atoms with Crippen molar-refractivity contribution in [3.63, 3.8) is 0 Å². The molecule has 1 aliphatic rings. The summed E-state index contributed by atoms with van der Waals surface area (Å²) in [4.78, 5) is 0. The molecule has 0 aliphatic carbocycles. The van der Waals surface area contributed by atoms with Crippen molar-refractivity contribution in [2.24, 2.45) is 0 Å². The monoisotopic (exact) mass is 277 g/mol. The third-order valence-electron chi connectivity index (χ3n) is 2.12. The SMILES string of the molecule is CC1=C[15NH][13CH](O[Si](C)(C)C)[15NH]C1O[Si](C)(C)C. The van der Waals surface area contributed by atoms with E-state index in [0.29, 0.717) is 0 Å². The first kappa shape index (κ1) is 14.9. The third-order valence-corrected chi connectivity index (χ3v) is 4.01. The summed E-state index contributed by atoms with van der Waals surface area (Å²) >= 11 is 0. The fraction of sp³-hybridized carbons (Fsp3) is 0.818. The first-order valence-electron chi connectivity index (χ1n) is 6.11. The molecule has 0 saturated heterocycles. The van der Waals surface area contributed by atoms with Crippen LogP contribution in [0.5, 0.6) is 0 Å². The molecule has 0 spiro atoms. The van der Waals surface area contributed by atoms with Crippen LogP contribution in [-0.4, -0.2) is 29.2 Å². The molecule has 1 heterocycles. The topological polar surface area (TPSA) is 42.5 Å². The fourth-order valence-electron chi connectivity index (χ4n) is 1.50. The molecule has 2 N–H and O–H groups in total. The summed E-state index contributed by atoms with van der Waals surface area (Å²) in [6.45, 7) is 15.2. The smallest absolute Gasteiger partial charge is 0.188 e. The molecule has 0 aromatic rings. The van der Waals surface area contributed by atoms with Crippen LogP contribution in [0.4, 0.5) is 0 Å². The van der Waals surface area contributed by atoms with E-state index in [9.17, 15) is 0 Å². The summed E-state index contributed by atoms with van der Waals surface area (Å²) < 4.78 is 12.1. The van der Waals surface area contributed by atoms with Gasteiger partial charge < -0.3 is 14.2 Å². The lowest BCUT2D eigenvalue weighted by molar-refractivity contribution is 0.0567. The number of hydrogen-bond acceptors (Lipinski definition) is 4. The molecule has 1 rings (SSSR count). The molecule has 17 heavy (non-hydrogen) atoms. The molecule has 0 saturated carbocycles. The molecule has 0 bridgehead atoms. The zero-order chi connectivity index (χ0) is 13.3. The van der Waals surface area contributed by atoms with Crippen molar-refractivity contribution >= 4 is 16.6 Å². The molecule has 0 fully saturated rings. The van der Waals surface area contributed by atoms with E-state index in [-0.39, 0.29) is 12.6 Å². The van der Waals surface area contributed by atoms with E-state index >= 15 is 0 Å². The van der Waals surface area contributed by atoms with Gasteiger partial charge in [-0.2, -0.15) is 0 Å². The summed E-state index contributed by atoms with van der Waals surface area (Å²) in [5.74, 6) is 0. The lowest BCUT2D eigenvalue weighted by Gasteiger charge is -2.37. The van der Waals surface area contributed by atoms with Gasteiger partial charge >= 0.3 is 0 Å². The van der Waals surface area contributed by atoms with E-state index in [1.165, 1.54) is 5.57 Å². The first-order chi connectivity index (χ1) is 7.57. The highest BCUT2D eigenvalue weighted by Gasteiger charge is 2.29. The van der Waals surface area contributed by atoms with Crippen LogP contribution in [0.15, 0.2) is 11.8 Å². The summed E-state index contributed by atoms with van der Waals surface area (Å²) in [5, 5.41) is 6.58. The van der Waals surface area contributed by atoms with Crippen LogP contribution in [0.2, 0.25) is 39.3 Å². The van der Waals surface area contributed by atoms with Gasteiger partial charge in [0.05, 0.1) is 0 Å². The van der Waals surface area contributed by atoms with Crippen LogP contribution >= 0.6 is 0 Å². The van der Waals surface area contributed by atoms with E-state index in [0.717, 1.165) is 0 Å². The summed E-state index contributed by atoms with van der Waals surface area (Å²) in [6, 6.07) is 0. The van der Waals surface area contributed by atoms with Crippen molar-refractivity contribution in [3.05, 3.63) is 11.8 Å². The van der Waals surface area contributed by atoms with E-state index < -0.39 is 16.6 Å². The van der Waals surface area contributed by atoms with Crippen molar-refractivity contribution in [2.45, 2.75) is 58.8 Å². The third kappa shape index (κ3) is 5.83. The molecule has 4 nitrogen and oxygen atoms in total. The Morgan fingerprint density at radius 3 is 2.00 bits per heavy atom. The van der Waals surface area contributed by atoms with Crippen LogP contribution in [0.3, 0.4) is 0 Å². The molecular formula is C11H26N2O2Si2. The Bertz CT molecular complexity index is 295. The fourth-order valence-corrected chi connectivity index (χ4v) is 3.31. The Hall–Kier alpha value is -0.146. The van der Waals surface area contributed by atoms with Crippen LogP contribution in [0, 0.1) is 0 Å². The predicted octanol–water partition coefficient (Wildman–Crippen LogP) is 2.40. The van der Waals surface area contributed by atoms with Gasteiger partial charge in [0.1, 0.15) is 6.23 Å². The van der Waals surface area contributed by atoms with Crippen molar-refractivity contribution in [1.82, 2.24) is 10.6 Å². The minimum atomic E-state index is -1.55. The summed E-state index contributed by atoms with van der Waals surface area (Å²) in [7, 11) is -3.10. The van der Waals surface area contributed by atoms with Gasteiger partial charge in [-0.3, -0.25) is 0 Å². The second-order valence-electron chi connectivity index (χ2n) is 6.44. The molecule has 100 valence electrons. The van der Waals surface area contributed by atoms with Crippen molar-refractivity contribution < 1.29 is 8.85 Å². The molecule has 6 heteroatoms. The zero-order valence-corrected chi connectivity index (χ0v) is 14.0. The highest BCUT2D eigenvalue weighted by atomic mass is 28.4. The molecule has 1 aliphatic heterocycles. The Kier molecular flexibility index (Phi) is 4.59. The Balaban J connectivity index is 2.62. The second-order valence-corrected chi connectivity index (χ2v) is 15.4. The van der Waals surface area contributed by atoms with Gasteiger partial charge in [-0.15, -0.1) is 0 Å². The lowest BCUT2D eigenvalue weighted by Crippen LogP contribution is -2.57. The Labute approximate surface area is 107 Å². The quantitative estimate of drug-likeness (QED) is 0.470. The van der Waals surface area contributed by atoms with Crippen LogP contribution in [0.1, 0.15) is 6.92 Å². The first-order valence-corrected chi connectivity index (χ1v) is 12.9. The van der Waals surface area contributed by atoms with Crippen molar-refractivity contribution in [1.29, 1.82) is 0 Å². The van der Waals surface area contributed by atoms with Gasteiger partial charge in [0.2, 0.25) is 0 Å². The standard InChI is InChI=1S/C11H26N2O2Si2/c1-9-8-12-11(15-17(5,6)7)13-10(9)14-16(2,3)4/h8,10-13H,1-7H3/i11+1,12+1,13+1. The van der Waals surface area contributed by atoms with Gasteiger partial charge in [-0.05, 0) is 51.8 Å². The normalized spacial score (nSPS) is 26.4. The van der Waals surface area contributed by atoms with Gasteiger partial charge in [-0.1, -0.05) is 0 Å². The Morgan fingerprint density at radius 2 is 1.53 bits per heavy atom. The van der Waals surface area contributed by atoms with Gasteiger partial charge in [0, 0.05) is 6.20 Å². The summed E-state index contributed by atoms with van der Waals surface area (Å²) in [5.41, 5.74) is 1.17. The number of nitrogens with one attached hydrogen (secondary N) is 2. The van der Waals surface area contributed by atoms with Gasteiger partial charge in [-0.25, -0.2) is 5.32 Å². The average molecular weight is 277 g/mol.